The van der Waals surface area contributed by atoms with Crippen LogP contribution in [0.25, 0.3) is 0 Å². The quantitative estimate of drug-likeness (QED) is 0.374. The van der Waals surface area contributed by atoms with Crippen molar-refractivity contribution in [3.8, 4) is 0 Å². The van der Waals surface area contributed by atoms with Crippen molar-refractivity contribution in [1.29, 1.82) is 0 Å². The minimum Gasteiger partial charge on any atom is -0.375 e. The van der Waals surface area contributed by atoms with Crippen molar-refractivity contribution in [2.45, 2.75) is 25.9 Å². The lowest BCUT2D eigenvalue weighted by atomic mass is 10.0. The standard InChI is InChI=1S/C21H22BrF2N5OS/c1-12-10-28(11-13(2)29(12)20(30)14-4-3-5-16(22)6-14)19-8-17(23)15(7-18(19)24)9-26-27-21(25)31/h3-9,12-13H,10-11H2,1-2H3,(H3,25,27,31)/b26-9+/t12-,13+. The van der Waals surface area contributed by atoms with Gasteiger partial charge in [0.05, 0.1) is 11.9 Å². The molecule has 31 heavy (non-hydrogen) atoms. The van der Waals surface area contributed by atoms with Crippen LogP contribution in [0.15, 0.2) is 46.0 Å². The Morgan fingerprint density at radius 1 is 1.23 bits per heavy atom. The van der Waals surface area contributed by atoms with E-state index in [1.165, 1.54) is 0 Å². The first kappa shape index (κ1) is 23.1. The Bertz CT molecular complexity index is 1020. The van der Waals surface area contributed by atoms with Gasteiger partial charge in [0.15, 0.2) is 5.11 Å². The van der Waals surface area contributed by atoms with E-state index in [0.717, 1.165) is 22.8 Å². The number of anilines is 1. The normalized spacial score (nSPS) is 19.0. The third-order valence-corrected chi connectivity index (χ3v) is 5.59. The maximum Gasteiger partial charge on any atom is 0.254 e. The Balaban J connectivity index is 1.79. The van der Waals surface area contributed by atoms with E-state index >= 15 is 0 Å². The van der Waals surface area contributed by atoms with E-state index in [-0.39, 0.29) is 34.4 Å². The highest BCUT2D eigenvalue weighted by Crippen LogP contribution is 2.28. The monoisotopic (exact) mass is 509 g/mol. The highest BCUT2D eigenvalue weighted by atomic mass is 79.9. The molecule has 0 aromatic heterocycles. The molecule has 6 nitrogen and oxygen atoms in total. The van der Waals surface area contributed by atoms with Gasteiger partial charge < -0.3 is 15.5 Å². The Morgan fingerprint density at radius 3 is 2.52 bits per heavy atom. The van der Waals surface area contributed by atoms with E-state index in [2.05, 4.69) is 38.7 Å². The zero-order valence-corrected chi connectivity index (χ0v) is 19.4. The second kappa shape index (κ2) is 9.69. The van der Waals surface area contributed by atoms with Crippen LogP contribution in [0.2, 0.25) is 0 Å². The number of halogens is 3. The van der Waals surface area contributed by atoms with Gasteiger partial charge in [-0.25, -0.2) is 8.78 Å². The van der Waals surface area contributed by atoms with E-state index in [1.54, 1.807) is 21.9 Å². The van der Waals surface area contributed by atoms with Gasteiger partial charge in [0.1, 0.15) is 11.6 Å². The number of thiocarbonyl (C=S) groups is 1. The molecule has 1 amide bonds. The van der Waals surface area contributed by atoms with Gasteiger partial charge in [-0.2, -0.15) is 5.10 Å². The summed E-state index contributed by atoms with van der Waals surface area (Å²) in [7, 11) is 0. The number of rotatable bonds is 4. The van der Waals surface area contributed by atoms with Crippen molar-refractivity contribution in [1.82, 2.24) is 10.3 Å². The summed E-state index contributed by atoms with van der Waals surface area (Å²) in [5.41, 5.74) is 8.24. The molecule has 2 atom stereocenters. The molecular weight excluding hydrogens is 488 g/mol. The minimum absolute atomic E-state index is 0.0328. The minimum atomic E-state index is -0.627. The molecule has 1 fully saturated rings. The van der Waals surface area contributed by atoms with E-state index in [4.69, 9.17) is 5.73 Å². The highest BCUT2D eigenvalue weighted by molar-refractivity contribution is 9.10. The topological polar surface area (TPSA) is 74.0 Å². The molecule has 1 saturated heterocycles. The van der Waals surface area contributed by atoms with Gasteiger partial charge in [0.25, 0.3) is 5.91 Å². The van der Waals surface area contributed by atoms with Crippen molar-refractivity contribution in [3.05, 3.63) is 63.6 Å². The lowest BCUT2D eigenvalue weighted by Crippen LogP contribution is -2.59. The summed E-state index contributed by atoms with van der Waals surface area (Å²) in [6.07, 6.45) is 1.11. The van der Waals surface area contributed by atoms with E-state index in [0.29, 0.717) is 18.7 Å². The first-order valence-electron chi connectivity index (χ1n) is 9.58. The fourth-order valence-electron chi connectivity index (χ4n) is 3.75. The van der Waals surface area contributed by atoms with Crippen LogP contribution in [-0.2, 0) is 0 Å². The van der Waals surface area contributed by atoms with Crippen molar-refractivity contribution < 1.29 is 13.6 Å². The molecule has 3 N–H and O–H groups in total. The first-order valence-corrected chi connectivity index (χ1v) is 10.8. The predicted molar refractivity (Wildman–Crippen MR) is 125 cm³/mol. The number of hydrogen-bond acceptors (Lipinski definition) is 4. The Labute approximate surface area is 193 Å². The summed E-state index contributed by atoms with van der Waals surface area (Å²) < 4.78 is 30.1. The maximum absolute atomic E-state index is 14.8. The van der Waals surface area contributed by atoms with Gasteiger partial charge in [0, 0.05) is 46.8 Å². The van der Waals surface area contributed by atoms with Crippen LogP contribution in [0, 0.1) is 11.6 Å². The summed E-state index contributed by atoms with van der Waals surface area (Å²) in [5, 5.41) is 3.59. The van der Waals surface area contributed by atoms with E-state index in [9.17, 15) is 13.6 Å². The fraction of sp³-hybridized carbons (Fsp3) is 0.286. The molecule has 0 unspecified atom stereocenters. The number of benzene rings is 2. The molecule has 1 aliphatic rings. The largest absolute Gasteiger partial charge is 0.375 e. The zero-order valence-electron chi connectivity index (χ0n) is 17.0. The molecule has 0 bridgehead atoms. The van der Waals surface area contributed by atoms with Crippen LogP contribution in [0.4, 0.5) is 14.5 Å². The average molecular weight is 510 g/mol. The lowest BCUT2D eigenvalue weighted by molar-refractivity contribution is 0.0574. The number of hydrazone groups is 1. The Morgan fingerprint density at radius 2 is 1.90 bits per heavy atom. The molecule has 10 heteroatoms. The first-order chi connectivity index (χ1) is 14.7. The van der Waals surface area contributed by atoms with E-state index < -0.39 is 11.6 Å². The second-order valence-electron chi connectivity index (χ2n) is 7.39. The highest BCUT2D eigenvalue weighted by Gasteiger charge is 2.34. The second-order valence-corrected chi connectivity index (χ2v) is 8.74. The summed E-state index contributed by atoms with van der Waals surface area (Å²) >= 11 is 8.00. The zero-order chi connectivity index (χ0) is 22.7. The number of carbonyl (C=O) groups excluding carboxylic acids is 1. The summed E-state index contributed by atoms with van der Waals surface area (Å²) in [6, 6.07) is 9.01. The predicted octanol–water partition coefficient (Wildman–Crippen LogP) is 3.63. The molecule has 3 rings (SSSR count). The van der Waals surface area contributed by atoms with Crippen LogP contribution in [0.5, 0.6) is 0 Å². The van der Waals surface area contributed by atoms with Crippen molar-refractivity contribution >= 4 is 51.1 Å². The third-order valence-electron chi connectivity index (χ3n) is 5.01. The summed E-state index contributed by atoms with van der Waals surface area (Å²) in [4.78, 5) is 16.6. The fourth-order valence-corrected chi connectivity index (χ4v) is 4.20. The molecule has 1 heterocycles. The molecule has 0 saturated carbocycles. The lowest BCUT2D eigenvalue weighted by Gasteiger charge is -2.45. The number of piperazine rings is 1. The number of carbonyl (C=O) groups is 1. The van der Waals surface area contributed by atoms with Crippen LogP contribution >= 0.6 is 28.1 Å². The van der Waals surface area contributed by atoms with Crippen molar-refractivity contribution in [2.24, 2.45) is 10.8 Å². The van der Waals surface area contributed by atoms with E-state index in [1.807, 2.05) is 26.0 Å². The third kappa shape index (κ3) is 5.37. The van der Waals surface area contributed by atoms with Crippen molar-refractivity contribution in [3.63, 3.8) is 0 Å². The van der Waals surface area contributed by atoms with Crippen molar-refractivity contribution in [2.75, 3.05) is 18.0 Å². The van der Waals surface area contributed by atoms with Crippen LogP contribution < -0.4 is 16.1 Å². The van der Waals surface area contributed by atoms with Gasteiger partial charge in [-0.15, -0.1) is 0 Å². The SMILES string of the molecule is C[C@@H]1CN(c2cc(F)c(/C=N/NC(N)=S)cc2F)C[C@H](C)N1C(=O)c1cccc(Br)c1. The van der Waals surface area contributed by atoms with Crippen LogP contribution in [0.3, 0.4) is 0 Å². The van der Waals surface area contributed by atoms with Gasteiger partial charge >= 0.3 is 0 Å². The van der Waals surface area contributed by atoms with Crippen LogP contribution in [0.1, 0.15) is 29.8 Å². The molecule has 0 spiro atoms. The van der Waals surface area contributed by atoms with Gasteiger partial charge in [0.2, 0.25) is 0 Å². The molecular formula is C21H22BrF2N5OS. The smallest absolute Gasteiger partial charge is 0.254 e. The Kier molecular flexibility index (Phi) is 7.22. The molecule has 0 aliphatic carbocycles. The Hall–Kier alpha value is -2.59. The summed E-state index contributed by atoms with van der Waals surface area (Å²) in [6.45, 7) is 4.54. The number of nitrogens with two attached hydrogens (primary N) is 1. The summed E-state index contributed by atoms with van der Waals surface area (Å²) in [5.74, 6) is -1.30. The molecule has 0 radical (unpaired) electrons. The number of amides is 1. The number of hydrogen-bond donors (Lipinski definition) is 2. The molecule has 2 aromatic rings. The van der Waals surface area contributed by atoms with Crippen LogP contribution in [-0.4, -0.2) is 47.3 Å². The van der Waals surface area contributed by atoms with Gasteiger partial charge in [-0.1, -0.05) is 22.0 Å². The molecule has 2 aromatic carbocycles. The number of nitrogens with one attached hydrogen (secondary N) is 1. The van der Waals surface area contributed by atoms with Gasteiger partial charge in [-0.3, -0.25) is 10.2 Å². The molecule has 164 valence electrons. The number of nitrogens with zero attached hydrogens (tertiary/aromatic N) is 3. The average Bonchev–Trinajstić information content (AvgIpc) is 2.69. The van der Waals surface area contributed by atoms with Gasteiger partial charge in [-0.05, 0) is 50.3 Å². The molecule has 1 aliphatic heterocycles. The maximum atomic E-state index is 14.8.